The fourth-order valence-corrected chi connectivity index (χ4v) is 2.60. The third kappa shape index (κ3) is 4.05. The van der Waals surface area contributed by atoms with E-state index in [1.807, 2.05) is 18.2 Å². The minimum absolute atomic E-state index is 0.0298. The lowest BCUT2D eigenvalue weighted by Gasteiger charge is -2.29. The number of nitrogens with one attached hydrogen (secondary N) is 2. The normalized spacial score (nSPS) is 22.5. The minimum Gasteiger partial charge on any atom is -0.381 e. The van der Waals surface area contributed by atoms with Crippen molar-refractivity contribution in [2.24, 2.45) is 5.92 Å². The molecule has 1 aliphatic heterocycles. The first-order valence-corrected chi connectivity index (χ1v) is 7.33. The Morgan fingerprint density at radius 2 is 2.30 bits per heavy atom. The molecule has 1 amide bonds. The van der Waals surface area contributed by atoms with E-state index < -0.39 is 0 Å². The van der Waals surface area contributed by atoms with E-state index >= 15 is 0 Å². The lowest BCUT2D eigenvalue weighted by atomic mass is 9.97. The molecule has 20 heavy (non-hydrogen) atoms. The van der Waals surface area contributed by atoms with E-state index in [0.29, 0.717) is 12.0 Å². The smallest absolute Gasteiger partial charge is 0.251 e. The molecule has 0 saturated carbocycles. The number of amides is 1. The van der Waals surface area contributed by atoms with E-state index in [1.165, 1.54) is 5.56 Å². The zero-order chi connectivity index (χ0) is 14.4. The van der Waals surface area contributed by atoms with Crippen molar-refractivity contribution < 1.29 is 9.53 Å². The van der Waals surface area contributed by atoms with Crippen LogP contribution in [0.2, 0.25) is 0 Å². The van der Waals surface area contributed by atoms with Gasteiger partial charge in [-0.15, -0.1) is 0 Å². The highest BCUT2D eigenvalue weighted by Crippen LogP contribution is 2.14. The largest absolute Gasteiger partial charge is 0.381 e. The van der Waals surface area contributed by atoms with Gasteiger partial charge in [0.15, 0.2) is 0 Å². The lowest BCUT2D eigenvalue weighted by Crippen LogP contribution is -2.42. The van der Waals surface area contributed by atoms with E-state index in [1.54, 1.807) is 7.05 Å². The average Bonchev–Trinajstić information content (AvgIpc) is 2.49. The van der Waals surface area contributed by atoms with Crippen molar-refractivity contribution in [3.05, 3.63) is 35.4 Å². The number of rotatable bonds is 5. The van der Waals surface area contributed by atoms with Gasteiger partial charge in [0.25, 0.3) is 5.91 Å². The zero-order valence-electron chi connectivity index (χ0n) is 12.3. The number of carbonyl (C=O) groups is 1. The predicted molar refractivity (Wildman–Crippen MR) is 79.9 cm³/mol. The number of benzene rings is 1. The first kappa shape index (κ1) is 15.0. The molecule has 2 rings (SSSR count). The summed E-state index contributed by atoms with van der Waals surface area (Å²) in [6, 6.07) is 8.37. The highest BCUT2D eigenvalue weighted by molar-refractivity contribution is 5.94. The second kappa shape index (κ2) is 7.41. The van der Waals surface area contributed by atoms with E-state index in [-0.39, 0.29) is 5.91 Å². The molecule has 1 aromatic rings. The van der Waals surface area contributed by atoms with Gasteiger partial charge in [-0.1, -0.05) is 19.1 Å². The van der Waals surface area contributed by atoms with Gasteiger partial charge in [0.2, 0.25) is 0 Å². The van der Waals surface area contributed by atoms with Crippen LogP contribution in [0.25, 0.3) is 0 Å². The maximum atomic E-state index is 11.6. The van der Waals surface area contributed by atoms with Gasteiger partial charge in [-0.25, -0.2) is 0 Å². The van der Waals surface area contributed by atoms with Crippen molar-refractivity contribution in [1.82, 2.24) is 10.6 Å². The third-order valence-corrected chi connectivity index (χ3v) is 3.88. The van der Waals surface area contributed by atoms with Gasteiger partial charge in [0.1, 0.15) is 0 Å². The molecule has 0 radical (unpaired) electrons. The number of ether oxygens (including phenoxy) is 1. The van der Waals surface area contributed by atoms with Crippen LogP contribution in [-0.4, -0.2) is 38.8 Å². The Bertz CT molecular complexity index is 448. The molecule has 2 N–H and O–H groups in total. The molecule has 1 aromatic carbocycles. The van der Waals surface area contributed by atoms with E-state index in [2.05, 4.69) is 23.6 Å². The Balaban J connectivity index is 1.83. The molecule has 4 heteroatoms. The average molecular weight is 276 g/mol. The molecule has 1 saturated heterocycles. The van der Waals surface area contributed by atoms with Crippen LogP contribution in [0, 0.1) is 5.92 Å². The van der Waals surface area contributed by atoms with Crippen LogP contribution in [0.3, 0.4) is 0 Å². The van der Waals surface area contributed by atoms with Crippen LogP contribution < -0.4 is 10.6 Å². The van der Waals surface area contributed by atoms with E-state index in [9.17, 15) is 4.79 Å². The molecule has 1 heterocycles. The standard InChI is InChI=1S/C16H24N2O2/c1-12-11-20-9-7-15(12)18-8-6-13-4-3-5-14(10-13)16(19)17-2/h3-5,10,12,15,18H,6-9,11H2,1-2H3,(H,17,19). The Labute approximate surface area is 120 Å². The summed E-state index contributed by atoms with van der Waals surface area (Å²) in [7, 11) is 1.66. The van der Waals surface area contributed by atoms with E-state index in [0.717, 1.165) is 38.2 Å². The van der Waals surface area contributed by atoms with Crippen LogP contribution in [0.5, 0.6) is 0 Å². The van der Waals surface area contributed by atoms with Crippen LogP contribution in [0.15, 0.2) is 24.3 Å². The summed E-state index contributed by atoms with van der Waals surface area (Å²) in [6.07, 6.45) is 2.02. The summed E-state index contributed by atoms with van der Waals surface area (Å²) in [6.45, 7) is 4.87. The maximum Gasteiger partial charge on any atom is 0.251 e. The topological polar surface area (TPSA) is 50.4 Å². The van der Waals surface area contributed by atoms with Gasteiger partial charge in [0.05, 0.1) is 6.61 Å². The zero-order valence-corrected chi connectivity index (χ0v) is 12.3. The van der Waals surface area contributed by atoms with Crippen LogP contribution >= 0.6 is 0 Å². The van der Waals surface area contributed by atoms with Crippen molar-refractivity contribution in [1.29, 1.82) is 0 Å². The fourth-order valence-electron chi connectivity index (χ4n) is 2.60. The Morgan fingerprint density at radius 1 is 1.45 bits per heavy atom. The monoisotopic (exact) mass is 276 g/mol. The van der Waals surface area contributed by atoms with Gasteiger partial charge in [-0.3, -0.25) is 4.79 Å². The summed E-state index contributed by atoms with van der Waals surface area (Å²) in [5.41, 5.74) is 1.92. The van der Waals surface area contributed by atoms with Gasteiger partial charge >= 0.3 is 0 Å². The third-order valence-electron chi connectivity index (χ3n) is 3.88. The fraction of sp³-hybridized carbons (Fsp3) is 0.562. The molecule has 4 nitrogen and oxygen atoms in total. The van der Waals surface area contributed by atoms with Crippen LogP contribution in [0.1, 0.15) is 29.3 Å². The Hall–Kier alpha value is -1.39. The summed E-state index contributed by atoms with van der Waals surface area (Å²) >= 11 is 0. The van der Waals surface area contributed by atoms with Crippen molar-refractivity contribution >= 4 is 5.91 Å². The highest BCUT2D eigenvalue weighted by atomic mass is 16.5. The quantitative estimate of drug-likeness (QED) is 0.859. The summed E-state index contributed by atoms with van der Waals surface area (Å²) in [5.74, 6) is 0.541. The van der Waals surface area contributed by atoms with Crippen LogP contribution in [0.4, 0.5) is 0 Å². The summed E-state index contributed by atoms with van der Waals surface area (Å²) < 4.78 is 5.45. The molecular formula is C16H24N2O2. The van der Waals surface area contributed by atoms with Crippen LogP contribution in [-0.2, 0) is 11.2 Å². The number of hydrogen-bond donors (Lipinski definition) is 2. The molecule has 2 unspecified atom stereocenters. The second-order valence-electron chi connectivity index (χ2n) is 5.43. The van der Waals surface area contributed by atoms with Gasteiger partial charge < -0.3 is 15.4 Å². The Kier molecular flexibility index (Phi) is 5.56. The molecule has 2 atom stereocenters. The lowest BCUT2D eigenvalue weighted by molar-refractivity contribution is 0.0393. The predicted octanol–water partition coefficient (Wildman–Crippen LogP) is 1.60. The molecule has 0 aromatic heterocycles. The summed E-state index contributed by atoms with van der Waals surface area (Å²) in [4.78, 5) is 11.6. The molecule has 1 fully saturated rings. The maximum absolute atomic E-state index is 11.6. The highest BCUT2D eigenvalue weighted by Gasteiger charge is 2.20. The molecule has 110 valence electrons. The number of carbonyl (C=O) groups excluding carboxylic acids is 1. The molecule has 0 bridgehead atoms. The van der Waals surface area contributed by atoms with E-state index in [4.69, 9.17) is 4.74 Å². The van der Waals surface area contributed by atoms with Crippen molar-refractivity contribution in [2.75, 3.05) is 26.8 Å². The molecular weight excluding hydrogens is 252 g/mol. The summed E-state index contributed by atoms with van der Waals surface area (Å²) in [5, 5.41) is 6.26. The minimum atomic E-state index is -0.0298. The van der Waals surface area contributed by atoms with Gasteiger partial charge in [0, 0.05) is 25.3 Å². The van der Waals surface area contributed by atoms with Crippen molar-refractivity contribution in [3.63, 3.8) is 0 Å². The van der Waals surface area contributed by atoms with Gasteiger partial charge in [-0.05, 0) is 43.0 Å². The van der Waals surface area contributed by atoms with Crippen molar-refractivity contribution in [2.45, 2.75) is 25.8 Å². The molecule has 0 spiro atoms. The molecule has 1 aliphatic rings. The SMILES string of the molecule is CNC(=O)c1cccc(CCNC2CCOCC2C)c1. The first-order chi connectivity index (χ1) is 9.70. The first-order valence-electron chi connectivity index (χ1n) is 7.33. The number of hydrogen-bond acceptors (Lipinski definition) is 3. The molecule has 0 aliphatic carbocycles. The van der Waals surface area contributed by atoms with Crippen molar-refractivity contribution in [3.8, 4) is 0 Å². The Morgan fingerprint density at radius 3 is 3.05 bits per heavy atom. The van der Waals surface area contributed by atoms with Gasteiger partial charge in [-0.2, -0.15) is 0 Å². The second-order valence-corrected chi connectivity index (χ2v) is 5.43.